The van der Waals surface area contributed by atoms with E-state index in [9.17, 15) is 18.0 Å². The standard InChI is InChI=1S/C25H25F3N4O4.C13H17N3O2/c1-34-21-13-18(12-17-2-4-31(16-25(26,27)28)24(33)23(17)21)20-15-29-22-14-19(3-5-32(20)22)36-11-8-30-6-9-35-10-7-30;1-3-16-4-2-14-13(16)11-12(1)18-10-7-15-5-8-17-9-6-15/h2-5,12-15H,6-11,16H2,1H3;1-4,11H,5-10H2. The van der Waals surface area contributed by atoms with Gasteiger partial charge < -0.3 is 32.7 Å². The predicted octanol–water partition coefficient (Wildman–Crippen LogP) is 4.64. The summed E-state index contributed by atoms with van der Waals surface area (Å²) < 4.78 is 70.8. The van der Waals surface area contributed by atoms with E-state index in [0.717, 1.165) is 89.0 Å². The van der Waals surface area contributed by atoms with Gasteiger partial charge in [0.25, 0.3) is 5.56 Å². The molecule has 16 heteroatoms. The number of ether oxygens (including phenoxy) is 5. The summed E-state index contributed by atoms with van der Waals surface area (Å²) in [6.45, 7) is 8.61. The molecule has 0 atom stereocenters. The van der Waals surface area contributed by atoms with Crippen molar-refractivity contribution in [2.75, 3.05) is 86.0 Å². The van der Waals surface area contributed by atoms with E-state index in [1.54, 1.807) is 24.5 Å². The summed E-state index contributed by atoms with van der Waals surface area (Å²) >= 11 is 0. The number of benzene rings is 1. The third-order valence-electron chi connectivity index (χ3n) is 9.32. The second-order valence-electron chi connectivity index (χ2n) is 12.9. The van der Waals surface area contributed by atoms with Gasteiger partial charge in [-0.05, 0) is 35.7 Å². The van der Waals surface area contributed by atoms with Gasteiger partial charge in [0.05, 0.1) is 50.8 Å². The van der Waals surface area contributed by atoms with Crippen molar-refractivity contribution >= 4 is 22.1 Å². The summed E-state index contributed by atoms with van der Waals surface area (Å²) in [5.74, 6) is 1.78. The number of imidazole rings is 2. The SMILES string of the molecule is COc1cc(-c2cnc3cc(OCCN4CCOCC4)ccn23)cc2ccn(CC(F)(F)F)c(=O)c12.c1cn2ccc(OCCN3CCOCC3)cc2n1. The molecule has 6 aromatic rings. The van der Waals surface area contributed by atoms with Crippen molar-refractivity contribution in [2.24, 2.45) is 0 Å². The highest BCUT2D eigenvalue weighted by Gasteiger charge is 2.29. The van der Waals surface area contributed by atoms with Gasteiger partial charge in [-0.1, -0.05) is 0 Å². The summed E-state index contributed by atoms with van der Waals surface area (Å²) in [6.07, 6.45) is 5.85. The number of hydrogen-bond donors (Lipinski definition) is 0. The summed E-state index contributed by atoms with van der Waals surface area (Å²) in [4.78, 5) is 26.1. The zero-order chi connectivity index (χ0) is 37.5. The van der Waals surface area contributed by atoms with Crippen LogP contribution in [0.5, 0.6) is 17.2 Å². The molecule has 8 rings (SSSR count). The molecule has 0 bridgehead atoms. The number of alkyl halides is 3. The molecule has 0 spiro atoms. The van der Waals surface area contributed by atoms with Crippen LogP contribution in [-0.2, 0) is 16.0 Å². The molecule has 7 heterocycles. The first-order valence-electron chi connectivity index (χ1n) is 17.8. The molecule has 2 aliphatic heterocycles. The van der Waals surface area contributed by atoms with E-state index in [1.807, 2.05) is 51.7 Å². The Labute approximate surface area is 309 Å². The van der Waals surface area contributed by atoms with E-state index in [1.165, 1.54) is 13.2 Å². The molecular weight excluding hydrogens is 707 g/mol. The van der Waals surface area contributed by atoms with Gasteiger partial charge in [-0.25, -0.2) is 9.97 Å². The van der Waals surface area contributed by atoms with Crippen LogP contribution in [0.4, 0.5) is 13.2 Å². The molecule has 5 aromatic heterocycles. The van der Waals surface area contributed by atoms with Crippen molar-refractivity contribution < 1.29 is 36.9 Å². The Kier molecular flexibility index (Phi) is 11.6. The number of halogens is 3. The fourth-order valence-electron chi connectivity index (χ4n) is 6.49. The Bertz CT molecular complexity index is 2220. The number of hydrogen-bond acceptors (Lipinski definition) is 10. The maximum Gasteiger partial charge on any atom is 0.406 e. The molecule has 2 saturated heterocycles. The van der Waals surface area contributed by atoms with E-state index >= 15 is 0 Å². The highest BCUT2D eigenvalue weighted by Crippen LogP contribution is 2.32. The van der Waals surface area contributed by atoms with Crippen molar-refractivity contribution in [2.45, 2.75) is 12.7 Å². The van der Waals surface area contributed by atoms with Gasteiger partial charge in [0, 0.05) is 87.9 Å². The van der Waals surface area contributed by atoms with Gasteiger partial charge in [-0.3, -0.25) is 19.0 Å². The number of aromatic nitrogens is 5. The lowest BCUT2D eigenvalue weighted by Gasteiger charge is -2.26. The molecule has 0 N–H and O–H groups in total. The van der Waals surface area contributed by atoms with Crippen LogP contribution < -0.4 is 19.8 Å². The number of methoxy groups -OCH3 is 1. The van der Waals surface area contributed by atoms with Gasteiger partial charge in [0.1, 0.15) is 48.3 Å². The van der Waals surface area contributed by atoms with E-state index < -0.39 is 18.3 Å². The third-order valence-corrected chi connectivity index (χ3v) is 9.32. The Hall–Kier alpha value is -5.16. The van der Waals surface area contributed by atoms with Crippen molar-refractivity contribution in [3.8, 4) is 28.5 Å². The summed E-state index contributed by atoms with van der Waals surface area (Å²) in [6, 6.07) is 12.5. The minimum absolute atomic E-state index is 0.0952. The second-order valence-corrected chi connectivity index (χ2v) is 12.9. The van der Waals surface area contributed by atoms with Gasteiger partial charge in [-0.2, -0.15) is 13.2 Å². The van der Waals surface area contributed by atoms with Crippen LogP contribution >= 0.6 is 0 Å². The summed E-state index contributed by atoms with van der Waals surface area (Å²) in [7, 11) is 1.38. The van der Waals surface area contributed by atoms with Crippen LogP contribution in [0.3, 0.4) is 0 Å². The highest BCUT2D eigenvalue weighted by atomic mass is 19.4. The van der Waals surface area contributed by atoms with Crippen molar-refractivity contribution in [1.82, 2.24) is 33.1 Å². The Morgan fingerprint density at radius 1 is 0.778 bits per heavy atom. The fraction of sp³-hybridized carbons (Fsp3) is 0.395. The van der Waals surface area contributed by atoms with Crippen LogP contribution in [0.1, 0.15) is 0 Å². The van der Waals surface area contributed by atoms with Crippen LogP contribution in [0, 0.1) is 0 Å². The van der Waals surface area contributed by atoms with E-state index in [0.29, 0.717) is 40.1 Å². The van der Waals surface area contributed by atoms with E-state index in [4.69, 9.17) is 23.7 Å². The molecule has 0 aliphatic carbocycles. The Morgan fingerprint density at radius 2 is 1.43 bits per heavy atom. The lowest BCUT2D eigenvalue weighted by atomic mass is 10.1. The highest BCUT2D eigenvalue weighted by molar-refractivity contribution is 5.92. The van der Waals surface area contributed by atoms with E-state index in [-0.39, 0.29) is 11.1 Å². The zero-order valence-electron chi connectivity index (χ0n) is 29.9. The van der Waals surface area contributed by atoms with Gasteiger partial charge in [0.2, 0.25) is 0 Å². The molecule has 286 valence electrons. The molecule has 54 heavy (non-hydrogen) atoms. The third kappa shape index (κ3) is 9.13. The summed E-state index contributed by atoms with van der Waals surface area (Å²) in [5, 5.41) is 0.573. The second kappa shape index (κ2) is 16.9. The van der Waals surface area contributed by atoms with Crippen molar-refractivity contribution in [3.63, 3.8) is 0 Å². The minimum Gasteiger partial charge on any atom is -0.496 e. The smallest absolute Gasteiger partial charge is 0.406 e. The monoisotopic (exact) mass is 749 g/mol. The van der Waals surface area contributed by atoms with Crippen LogP contribution in [0.15, 0.2) is 84.4 Å². The van der Waals surface area contributed by atoms with Crippen LogP contribution in [-0.4, -0.2) is 125 Å². The molecule has 0 radical (unpaired) electrons. The van der Waals surface area contributed by atoms with Crippen LogP contribution in [0.2, 0.25) is 0 Å². The first-order valence-corrected chi connectivity index (χ1v) is 17.8. The number of morpholine rings is 2. The van der Waals surface area contributed by atoms with Crippen LogP contribution in [0.25, 0.3) is 33.3 Å². The molecule has 0 unspecified atom stereocenters. The maximum absolute atomic E-state index is 12.9. The molecule has 2 fully saturated rings. The first-order chi connectivity index (χ1) is 26.2. The number of nitrogens with zero attached hydrogens (tertiary/aromatic N) is 7. The largest absolute Gasteiger partial charge is 0.496 e. The van der Waals surface area contributed by atoms with Gasteiger partial charge >= 0.3 is 6.18 Å². The zero-order valence-corrected chi connectivity index (χ0v) is 29.9. The molecule has 0 amide bonds. The van der Waals surface area contributed by atoms with Gasteiger partial charge in [-0.15, -0.1) is 0 Å². The average molecular weight is 750 g/mol. The van der Waals surface area contributed by atoms with E-state index in [2.05, 4.69) is 19.8 Å². The lowest BCUT2D eigenvalue weighted by Crippen LogP contribution is -2.38. The molecule has 1 aromatic carbocycles. The fourth-order valence-corrected chi connectivity index (χ4v) is 6.49. The quantitative estimate of drug-likeness (QED) is 0.186. The topological polar surface area (TPSA) is 109 Å². The minimum atomic E-state index is -4.51. The number of pyridine rings is 3. The maximum atomic E-state index is 12.9. The summed E-state index contributed by atoms with van der Waals surface area (Å²) in [5.41, 5.74) is 2.28. The lowest BCUT2D eigenvalue weighted by molar-refractivity contribution is -0.141. The van der Waals surface area contributed by atoms with Crippen molar-refractivity contribution in [3.05, 3.63) is 90.0 Å². The molecule has 2 aliphatic rings. The van der Waals surface area contributed by atoms with Crippen molar-refractivity contribution in [1.29, 1.82) is 0 Å². The average Bonchev–Trinajstić information content (AvgIpc) is 3.83. The Morgan fingerprint density at radius 3 is 2.07 bits per heavy atom. The first kappa shape index (κ1) is 37.2. The normalized spacial score (nSPS) is 15.7. The molecular formula is C38H42F3N7O6. The number of fused-ring (bicyclic) bond motifs is 3. The number of rotatable bonds is 11. The molecule has 0 saturated carbocycles. The molecule has 13 nitrogen and oxygen atoms in total. The predicted molar refractivity (Wildman–Crippen MR) is 196 cm³/mol. The Balaban J connectivity index is 0.000000208. The van der Waals surface area contributed by atoms with Gasteiger partial charge in [0.15, 0.2) is 0 Å².